The van der Waals surface area contributed by atoms with Gasteiger partial charge in [-0.1, -0.05) is 24.3 Å². The summed E-state index contributed by atoms with van der Waals surface area (Å²) in [5, 5.41) is 11.5. The molecule has 0 saturated carbocycles. The first-order chi connectivity index (χ1) is 10.1. The van der Waals surface area contributed by atoms with Crippen molar-refractivity contribution in [1.82, 2.24) is 0 Å². The Bertz CT molecular complexity index is 771. The Morgan fingerprint density at radius 3 is 2.62 bits per heavy atom. The number of rotatable bonds is 2. The van der Waals surface area contributed by atoms with Gasteiger partial charge in [-0.05, 0) is 35.4 Å². The first-order valence-electron chi connectivity index (χ1n) is 7.22. The van der Waals surface area contributed by atoms with Crippen molar-refractivity contribution in [3.8, 4) is 0 Å². The van der Waals surface area contributed by atoms with Crippen LogP contribution in [-0.4, -0.2) is 23.5 Å². The summed E-state index contributed by atoms with van der Waals surface area (Å²) in [5.41, 5.74) is 3.50. The van der Waals surface area contributed by atoms with E-state index < -0.39 is 11.9 Å². The molecule has 1 heterocycles. The van der Waals surface area contributed by atoms with Crippen molar-refractivity contribution in [3.63, 3.8) is 0 Å². The number of benzene rings is 2. The molecular formula is C17H15NO3. The molecule has 2 aromatic rings. The number of anilines is 1. The third kappa shape index (κ3) is 1.75. The van der Waals surface area contributed by atoms with E-state index in [1.807, 2.05) is 18.2 Å². The molecule has 21 heavy (non-hydrogen) atoms. The van der Waals surface area contributed by atoms with Gasteiger partial charge in [0, 0.05) is 18.4 Å². The highest BCUT2D eigenvalue weighted by atomic mass is 16.4. The zero-order chi connectivity index (χ0) is 14.6. The monoisotopic (exact) mass is 281 g/mol. The van der Waals surface area contributed by atoms with Crippen molar-refractivity contribution in [2.75, 3.05) is 11.4 Å². The number of aryl methyl sites for hydroxylation is 2. The highest BCUT2D eigenvalue weighted by molar-refractivity contribution is 6.08. The van der Waals surface area contributed by atoms with Crippen LogP contribution in [0.4, 0.5) is 5.69 Å². The summed E-state index contributed by atoms with van der Waals surface area (Å²) in [5.74, 6) is -1.58. The van der Waals surface area contributed by atoms with E-state index in [2.05, 4.69) is 12.1 Å². The summed E-state index contributed by atoms with van der Waals surface area (Å²) < 4.78 is 0. The molecule has 106 valence electrons. The Labute approximate surface area is 122 Å². The van der Waals surface area contributed by atoms with Gasteiger partial charge in [0.05, 0.1) is 11.6 Å². The molecule has 0 unspecified atom stereocenters. The lowest BCUT2D eigenvalue weighted by molar-refractivity contribution is -0.141. The molecule has 1 N–H and O–H groups in total. The van der Waals surface area contributed by atoms with Crippen LogP contribution in [0.15, 0.2) is 30.3 Å². The number of nitrogens with zero attached hydrogens (tertiary/aromatic N) is 1. The second-order valence-electron chi connectivity index (χ2n) is 5.83. The number of carbonyl (C=O) groups is 2. The van der Waals surface area contributed by atoms with E-state index in [-0.39, 0.29) is 18.9 Å². The SMILES string of the molecule is O=C(O)[C@H]1CC(=O)N(c2ccc3c4c(cccc24)CC3)C1. The topological polar surface area (TPSA) is 57.6 Å². The van der Waals surface area contributed by atoms with Crippen LogP contribution >= 0.6 is 0 Å². The molecule has 0 aromatic heterocycles. The third-order valence-corrected chi connectivity index (χ3v) is 4.62. The molecule has 0 radical (unpaired) electrons. The smallest absolute Gasteiger partial charge is 0.308 e. The van der Waals surface area contributed by atoms with Gasteiger partial charge in [0.2, 0.25) is 5.91 Å². The zero-order valence-corrected chi connectivity index (χ0v) is 11.5. The molecule has 2 aromatic carbocycles. The van der Waals surface area contributed by atoms with Crippen LogP contribution < -0.4 is 4.90 Å². The molecule has 0 bridgehead atoms. The lowest BCUT2D eigenvalue weighted by atomic mass is 10.0. The van der Waals surface area contributed by atoms with Gasteiger partial charge in [0.1, 0.15) is 0 Å². The predicted molar refractivity (Wildman–Crippen MR) is 79.5 cm³/mol. The number of carbonyl (C=O) groups excluding carboxylic acids is 1. The molecular weight excluding hydrogens is 266 g/mol. The first-order valence-corrected chi connectivity index (χ1v) is 7.22. The van der Waals surface area contributed by atoms with Gasteiger partial charge >= 0.3 is 5.97 Å². The van der Waals surface area contributed by atoms with E-state index in [0.29, 0.717) is 0 Å². The fraction of sp³-hybridized carbons (Fsp3) is 0.294. The quantitative estimate of drug-likeness (QED) is 0.919. The highest BCUT2D eigenvalue weighted by Gasteiger charge is 2.36. The van der Waals surface area contributed by atoms with E-state index >= 15 is 0 Å². The second kappa shape index (κ2) is 4.32. The van der Waals surface area contributed by atoms with Crippen LogP contribution in [0.3, 0.4) is 0 Å². The number of hydrogen-bond acceptors (Lipinski definition) is 2. The lowest BCUT2D eigenvalue weighted by Gasteiger charge is -2.19. The Balaban J connectivity index is 1.85. The molecule has 4 rings (SSSR count). The van der Waals surface area contributed by atoms with Gasteiger partial charge in [-0.3, -0.25) is 9.59 Å². The van der Waals surface area contributed by atoms with Crippen molar-refractivity contribution in [3.05, 3.63) is 41.5 Å². The first kappa shape index (κ1) is 12.4. The molecule has 2 aliphatic rings. The molecule has 1 atom stereocenters. The summed E-state index contributed by atoms with van der Waals surface area (Å²) >= 11 is 0. The molecule has 0 spiro atoms. The summed E-state index contributed by atoms with van der Waals surface area (Å²) in [6.07, 6.45) is 2.18. The van der Waals surface area contributed by atoms with Gasteiger partial charge in [0.15, 0.2) is 0 Å². The van der Waals surface area contributed by atoms with Crippen LogP contribution in [0.1, 0.15) is 17.5 Å². The summed E-state index contributed by atoms with van der Waals surface area (Å²) in [6, 6.07) is 10.2. The lowest BCUT2D eigenvalue weighted by Crippen LogP contribution is -2.26. The molecule has 1 amide bonds. The summed E-state index contributed by atoms with van der Waals surface area (Å²) in [7, 11) is 0. The minimum Gasteiger partial charge on any atom is -0.481 e. The van der Waals surface area contributed by atoms with Crippen molar-refractivity contribution in [2.45, 2.75) is 19.3 Å². The average Bonchev–Trinajstić information content (AvgIpc) is 3.05. The minimum absolute atomic E-state index is 0.0955. The maximum absolute atomic E-state index is 12.2. The van der Waals surface area contributed by atoms with E-state index in [4.69, 9.17) is 5.11 Å². The number of amides is 1. The summed E-state index contributed by atoms with van der Waals surface area (Å²) in [6.45, 7) is 0.271. The van der Waals surface area contributed by atoms with E-state index in [1.165, 1.54) is 16.5 Å². The minimum atomic E-state index is -0.892. The standard InChI is InChI=1S/C17H15NO3/c19-15-8-12(17(20)21)9-18(15)14-7-6-11-5-4-10-2-1-3-13(14)16(10)11/h1-3,6-7,12H,4-5,8-9H2,(H,20,21)/t12-/m0/s1. The average molecular weight is 281 g/mol. The highest BCUT2D eigenvalue weighted by Crippen LogP contribution is 2.38. The zero-order valence-electron chi connectivity index (χ0n) is 11.5. The van der Waals surface area contributed by atoms with Gasteiger partial charge in [-0.25, -0.2) is 0 Å². The van der Waals surface area contributed by atoms with Gasteiger partial charge < -0.3 is 10.0 Å². The summed E-state index contributed by atoms with van der Waals surface area (Å²) in [4.78, 5) is 24.9. The van der Waals surface area contributed by atoms with Crippen LogP contribution in [0.2, 0.25) is 0 Å². The maximum atomic E-state index is 12.2. The number of hydrogen-bond donors (Lipinski definition) is 1. The number of carboxylic acids is 1. The van der Waals surface area contributed by atoms with Crippen molar-refractivity contribution in [1.29, 1.82) is 0 Å². The Kier molecular flexibility index (Phi) is 2.55. The molecule has 1 fully saturated rings. The Hall–Kier alpha value is -2.36. The van der Waals surface area contributed by atoms with Crippen molar-refractivity contribution >= 4 is 28.3 Å². The van der Waals surface area contributed by atoms with E-state index in [0.717, 1.165) is 23.9 Å². The Morgan fingerprint density at radius 2 is 1.90 bits per heavy atom. The fourth-order valence-corrected chi connectivity index (χ4v) is 3.57. The van der Waals surface area contributed by atoms with Gasteiger partial charge in [0.25, 0.3) is 0 Å². The maximum Gasteiger partial charge on any atom is 0.308 e. The molecule has 4 nitrogen and oxygen atoms in total. The largest absolute Gasteiger partial charge is 0.481 e. The van der Waals surface area contributed by atoms with Crippen LogP contribution in [0.25, 0.3) is 10.8 Å². The molecule has 1 aliphatic heterocycles. The molecule has 1 saturated heterocycles. The van der Waals surface area contributed by atoms with E-state index in [9.17, 15) is 9.59 Å². The van der Waals surface area contributed by atoms with Crippen LogP contribution in [-0.2, 0) is 22.4 Å². The van der Waals surface area contributed by atoms with Crippen molar-refractivity contribution < 1.29 is 14.7 Å². The van der Waals surface area contributed by atoms with Crippen LogP contribution in [0.5, 0.6) is 0 Å². The fourth-order valence-electron chi connectivity index (χ4n) is 3.57. The second-order valence-corrected chi connectivity index (χ2v) is 5.83. The third-order valence-electron chi connectivity index (χ3n) is 4.62. The number of aliphatic carboxylic acids is 1. The normalized spacial score (nSPS) is 20.5. The van der Waals surface area contributed by atoms with Gasteiger partial charge in [-0.2, -0.15) is 0 Å². The van der Waals surface area contributed by atoms with E-state index in [1.54, 1.807) is 4.90 Å². The predicted octanol–water partition coefficient (Wildman–Crippen LogP) is 2.38. The van der Waals surface area contributed by atoms with Crippen molar-refractivity contribution in [2.24, 2.45) is 5.92 Å². The Morgan fingerprint density at radius 1 is 1.14 bits per heavy atom. The molecule has 4 heteroatoms. The van der Waals surface area contributed by atoms with Gasteiger partial charge in [-0.15, -0.1) is 0 Å². The number of carboxylic acid groups (broad SMARTS) is 1. The van der Waals surface area contributed by atoms with Crippen LogP contribution in [0, 0.1) is 5.92 Å². The molecule has 1 aliphatic carbocycles.